The van der Waals surface area contributed by atoms with Gasteiger partial charge in [-0.05, 0) is 60.7 Å². The minimum Gasteiger partial charge on any atom is -0.495 e. The number of nitriles is 1. The molecule has 0 fully saturated rings. The summed E-state index contributed by atoms with van der Waals surface area (Å²) in [5, 5.41) is 25.3. The SMILES string of the molecule is COc1cc2c(cc1C#N)CCC[C@H]2Nc1ccc2[nH]nc(-c3cnoc3)c2c1. The van der Waals surface area contributed by atoms with Crippen molar-refractivity contribution >= 4 is 16.6 Å². The van der Waals surface area contributed by atoms with Crippen LogP contribution in [0.1, 0.15) is 35.6 Å². The molecule has 2 N–H and O–H groups in total. The quantitative estimate of drug-likeness (QED) is 0.533. The first-order valence-corrected chi connectivity index (χ1v) is 9.52. The predicted molar refractivity (Wildman–Crippen MR) is 109 cm³/mol. The highest BCUT2D eigenvalue weighted by molar-refractivity contribution is 5.94. The number of hydrogen-bond donors (Lipinski definition) is 2. The molecule has 5 rings (SSSR count). The molecule has 7 heteroatoms. The number of rotatable bonds is 4. The Morgan fingerprint density at radius 3 is 3.03 bits per heavy atom. The third-order valence-corrected chi connectivity index (χ3v) is 5.51. The van der Waals surface area contributed by atoms with Gasteiger partial charge in [-0.1, -0.05) is 5.16 Å². The molecule has 0 radical (unpaired) electrons. The fourth-order valence-corrected chi connectivity index (χ4v) is 4.09. The standard InChI is InChI=1S/C22H19N5O2/c1-28-21-9-17-13(7-14(21)10-23)3-2-4-19(17)25-16-5-6-20-18(8-16)22(27-26-20)15-11-24-29-12-15/h5-9,11-12,19,25H,2-4H2,1H3,(H,26,27)/t19-/m1/s1. The number of H-pyrrole nitrogens is 1. The van der Waals surface area contributed by atoms with Crippen LogP contribution in [-0.4, -0.2) is 22.5 Å². The molecule has 29 heavy (non-hydrogen) atoms. The number of aryl methyl sites for hydroxylation is 1. The normalized spacial score (nSPS) is 15.7. The van der Waals surface area contributed by atoms with Crippen molar-refractivity contribution in [3.63, 3.8) is 0 Å². The van der Waals surface area contributed by atoms with Gasteiger partial charge in [0.2, 0.25) is 0 Å². The van der Waals surface area contributed by atoms with E-state index in [2.05, 4.69) is 32.8 Å². The van der Waals surface area contributed by atoms with Gasteiger partial charge in [0.15, 0.2) is 0 Å². The lowest BCUT2D eigenvalue weighted by molar-refractivity contribution is 0.411. The van der Waals surface area contributed by atoms with Crippen LogP contribution >= 0.6 is 0 Å². The summed E-state index contributed by atoms with van der Waals surface area (Å²) in [7, 11) is 1.60. The molecule has 2 aromatic carbocycles. The van der Waals surface area contributed by atoms with E-state index in [1.54, 1.807) is 19.6 Å². The van der Waals surface area contributed by atoms with E-state index < -0.39 is 0 Å². The minimum atomic E-state index is 0.156. The van der Waals surface area contributed by atoms with Gasteiger partial charge < -0.3 is 14.6 Å². The fraction of sp³-hybridized carbons (Fsp3) is 0.227. The molecule has 0 unspecified atom stereocenters. The lowest BCUT2D eigenvalue weighted by Gasteiger charge is -2.28. The molecular formula is C22H19N5O2. The first-order valence-electron chi connectivity index (χ1n) is 9.52. The van der Waals surface area contributed by atoms with Gasteiger partial charge >= 0.3 is 0 Å². The first kappa shape index (κ1) is 17.3. The fourth-order valence-electron chi connectivity index (χ4n) is 4.09. The molecule has 4 aromatic rings. The number of aromatic amines is 1. The topological polar surface area (TPSA) is 99.8 Å². The summed E-state index contributed by atoms with van der Waals surface area (Å²) in [6, 6.07) is 12.5. The zero-order chi connectivity index (χ0) is 19.8. The average Bonchev–Trinajstić information content (AvgIpc) is 3.42. The van der Waals surface area contributed by atoms with Gasteiger partial charge in [0.25, 0.3) is 0 Å². The highest BCUT2D eigenvalue weighted by Gasteiger charge is 2.23. The first-order chi connectivity index (χ1) is 14.3. The predicted octanol–water partition coefficient (Wildman–Crippen LogP) is 4.59. The molecule has 0 bridgehead atoms. The van der Waals surface area contributed by atoms with Gasteiger partial charge in [0, 0.05) is 11.1 Å². The molecule has 1 aliphatic rings. The zero-order valence-corrected chi connectivity index (χ0v) is 15.9. The second kappa shape index (κ2) is 6.99. The van der Waals surface area contributed by atoms with Crippen LogP contribution in [0, 0.1) is 11.3 Å². The average molecular weight is 385 g/mol. The van der Waals surface area contributed by atoms with Gasteiger partial charge in [-0.25, -0.2) is 0 Å². The third kappa shape index (κ3) is 2.99. The maximum Gasteiger partial charge on any atom is 0.136 e. The van der Waals surface area contributed by atoms with Crippen molar-refractivity contribution in [3.05, 3.63) is 59.5 Å². The van der Waals surface area contributed by atoms with E-state index >= 15 is 0 Å². The Balaban J connectivity index is 1.51. The number of hydrogen-bond acceptors (Lipinski definition) is 6. The minimum absolute atomic E-state index is 0.156. The number of aromatic nitrogens is 3. The van der Waals surface area contributed by atoms with Crippen LogP contribution in [0.3, 0.4) is 0 Å². The monoisotopic (exact) mass is 385 g/mol. The highest BCUT2D eigenvalue weighted by Crippen LogP contribution is 2.37. The van der Waals surface area contributed by atoms with Crippen molar-refractivity contribution in [1.82, 2.24) is 15.4 Å². The van der Waals surface area contributed by atoms with Gasteiger partial charge in [-0.3, -0.25) is 5.10 Å². The Hall–Kier alpha value is -3.79. The smallest absolute Gasteiger partial charge is 0.136 e. The van der Waals surface area contributed by atoms with Crippen LogP contribution in [0.5, 0.6) is 5.75 Å². The Morgan fingerprint density at radius 2 is 2.24 bits per heavy atom. The summed E-state index contributed by atoms with van der Waals surface area (Å²) in [6.45, 7) is 0. The number of methoxy groups -OCH3 is 1. The molecule has 144 valence electrons. The number of fused-ring (bicyclic) bond motifs is 2. The largest absolute Gasteiger partial charge is 0.495 e. The molecule has 0 amide bonds. The van der Waals surface area contributed by atoms with Crippen LogP contribution in [0.15, 0.2) is 47.3 Å². The highest BCUT2D eigenvalue weighted by atomic mass is 16.5. The van der Waals surface area contributed by atoms with Gasteiger partial charge in [0.1, 0.15) is 23.8 Å². The van der Waals surface area contributed by atoms with E-state index in [9.17, 15) is 5.26 Å². The number of nitrogens with zero attached hydrogens (tertiary/aromatic N) is 3. The molecule has 0 aliphatic heterocycles. The van der Waals surface area contributed by atoms with Crippen molar-refractivity contribution < 1.29 is 9.26 Å². The maximum atomic E-state index is 9.37. The Labute approximate surface area is 167 Å². The van der Waals surface area contributed by atoms with Crippen molar-refractivity contribution in [2.24, 2.45) is 0 Å². The van der Waals surface area contributed by atoms with Gasteiger partial charge in [0.05, 0.1) is 36.0 Å². The summed E-state index contributed by atoms with van der Waals surface area (Å²) < 4.78 is 10.4. The van der Waals surface area contributed by atoms with Gasteiger partial charge in [-0.15, -0.1) is 0 Å². The lowest BCUT2D eigenvalue weighted by Crippen LogP contribution is -2.18. The van der Waals surface area contributed by atoms with E-state index in [-0.39, 0.29) is 6.04 Å². The summed E-state index contributed by atoms with van der Waals surface area (Å²) in [4.78, 5) is 0. The molecule has 1 aliphatic carbocycles. The Morgan fingerprint density at radius 1 is 1.31 bits per heavy atom. The van der Waals surface area contributed by atoms with Crippen LogP contribution in [0.2, 0.25) is 0 Å². The molecular weight excluding hydrogens is 366 g/mol. The van der Waals surface area contributed by atoms with Crippen LogP contribution in [-0.2, 0) is 6.42 Å². The van der Waals surface area contributed by atoms with E-state index in [1.165, 1.54) is 11.1 Å². The molecule has 0 spiro atoms. The third-order valence-electron chi connectivity index (χ3n) is 5.51. The van der Waals surface area contributed by atoms with Crippen LogP contribution < -0.4 is 10.1 Å². The summed E-state index contributed by atoms with van der Waals surface area (Å²) in [5.74, 6) is 0.625. The second-order valence-corrected chi connectivity index (χ2v) is 7.20. The van der Waals surface area contributed by atoms with E-state index in [0.717, 1.165) is 47.1 Å². The summed E-state index contributed by atoms with van der Waals surface area (Å²) >= 11 is 0. The van der Waals surface area contributed by atoms with Crippen LogP contribution in [0.4, 0.5) is 5.69 Å². The lowest BCUT2D eigenvalue weighted by atomic mass is 9.86. The van der Waals surface area contributed by atoms with Gasteiger partial charge in [-0.2, -0.15) is 10.4 Å². The molecule has 0 saturated heterocycles. The van der Waals surface area contributed by atoms with Crippen molar-refractivity contribution in [1.29, 1.82) is 5.26 Å². The Bertz CT molecular complexity index is 1220. The molecule has 1 atom stereocenters. The molecule has 0 saturated carbocycles. The van der Waals surface area contributed by atoms with E-state index in [0.29, 0.717) is 11.3 Å². The van der Waals surface area contributed by atoms with E-state index in [4.69, 9.17) is 9.26 Å². The zero-order valence-electron chi connectivity index (χ0n) is 15.9. The summed E-state index contributed by atoms with van der Waals surface area (Å²) in [5.41, 5.74) is 6.61. The number of anilines is 1. The molecule has 2 aromatic heterocycles. The molecule has 2 heterocycles. The van der Waals surface area contributed by atoms with Crippen LogP contribution in [0.25, 0.3) is 22.2 Å². The number of ether oxygens (including phenoxy) is 1. The maximum absolute atomic E-state index is 9.37. The van der Waals surface area contributed by atoms with E-state index in [1.807, 2.05) is 24.3 Å². The molecule has 7 nitrogen and oxygen atoms in total. The number of nitrogens with one attached hydrogen (secondary N) is 2. The summed E-state index contributed by atoms with van der Waals surface area (Å²) in [6.07, 6.45) is 6.31. The Kier molecular flexibility index (Phi) is 4.17. The van der Waals surface area contributed by atoms with Crippen molar-refractivity contribution in [2.75, 3.05) is 12.4 Å². The van der Waals surface area contributed by atoms with Crippen molar-refractivity contribution in [3.8, 4) is 23.1 Å². The van der Waals surface area contributed by atoms with Crippen molar-refractivity contribution in [2.45, 2.75) is 25.3 Å². The second-order valence-electron chi connectivity index (χ2n) is 7.20. The number of benzene rings is 2.